The van der Waals surface area contributed by atoms with Crippen LogP contribution in [0.15, 0.2) is 10.5 Å². The second-order valence-corrected chi connectivity index (χ2v) is 3.87. The van der Waals surface area contributed by atoms with Crippen LogP contribution in [0.4, 0.5) is 0 Å². The lowest BCUT2D eigenvalue weighted by molar-refractivity contribution is 0.0924. The molecule has 1 amide bonds. The molecule has 0 atom stereocenters. The van der Waals surface area contributed by atoms with E-state index in [2.05, 4.69) is 10.6 Å². The number of carbonyl (C=O) groups is 1. The van der Waals surface area contributed by atoms with E-state index in [0.717, 1.165) is 17.9 Å². The zero-order valence-electron chi connectivity index (χ0n) is 11.0. The van der Waals surface area contributed by atoms with Crippen molar-refractivity contribution in [2.24, 2.45) is 0 Å². The number of hydrogen-bond acceptors (Lipinski definition) is 4. The standard InChI is InChI=1S/C12H20N2O3.ClH/c1-9-8-10(2)17-11(9)12(15)14-5-4-13-6-7-16-3;/h8,13H,4-7H2,1-3H3,(H,14,15);1H. The Balaban J connectivity index is 0.00000289. The number of aryl methyl sites for hydroxylation is 2. The molecule has 1 aromatic heterocycles. The highest BCUT2D eigenvalue weighted by molar-refractivity contribution is 5.92. The summed E-state index contributed by atoms with van der Waals surface area (Å²) in [6.07, 6.45) is 0. The number of nitrogens with one attached hydrogen (secondary N) is 2. The Morgan fingerprint density at radius 3 is 2.61 bits per heavy atom. The van der Waals surface area contributed by atoms with Crippen LogP contribution < -0.4 is 10.6 Å². The molecule has 1 heterocycles. The first-order valence-corrected chi connectivity index (χ1v) is 5.70. The Morgan fingerprint density at radius 1 is 1.33 bits per heavy atom. The number of rotatable bonds is 7. The number of furan rings is 1. The Morgan fingerprint density at radius 2 is 2.06 bits per heavy atom. The van der Waals surface area contributed by atoms with Crippen LogP contribution in [0.25, 0.3) is 0 Å². The number of methoxy groups -OCH3 is 1. The molecule has 5 nitrogen and oxygen atoms in total. The molecular formula is C12H21ClN2O3. The van der Waals surface area contributed by atoms with E-state index in [1.165, 1.54) is 0 Å². The van der Waals surface area contributed by atoms with E-state index in [-0.39, 0.29) is 18.3 Å². The van der Waals surface area contributed by atoms with Crippen molar-refractivity contribution < 1.29 is 13.9 Å². The van der Waals surface area contributed by atoms with Gasteiger partial charge in [-0.1, -0.05) is 0 Å². The lowest BCUT2D eigenvalue weighted by Gasteiger charge is -2.05. The summed E-state index contributed by atoms with van der Waals surface area (Å²) in [5.41, 5.74) is 0.868. The summed E-state index contributed by atoms with van der Waals surface area (Å²) < 4.78 is 10.2. The molecule has 0 spiro atoms. The fraction of sp³-hybridized carbons (Fsp3) is 0.583. The van der Waals surface area contributed by atoms with Gasteiger partial charge in [-0.2, -0.15) is 0 Å². The normalized spacial score (nSPS) is 9.94. The Hall–Kier alpha value is -1.04. The van der Waals surface area contributed by atoms with Crippen LogP contribution in [0.2, 0.25) is 0 Å². The minimum atomic E-state index is -0.163. The van der Waals surface area contributed by atoms with Crippen LogP contribution in [0.1, 0.15) is 21.9 Å². The van der Waals surface area contributed by atoms with Gasteiger partial charge in [0.1, 0.15) is 5.76 Å². The third-order valence-corrected chi connectivity index (χ3v) is 2.32. The van der Waals surface area contributed by atoms with E-state index in [0.29, 0.717) is 25.5 Å². The quantitative estimate of drug-likeness (QED) is 0.737. The smallest absolute Gasteiger partial charge is 0.287 e. The molecule has 0 fully saturated rings. The van der Waals surface area contributed by atoms with E-state index in [9.17, 15) is 4.79 Å². The van der Waals surface area contributed by atoms with Gasteiger partial charge in [0.2, 0.25) is 0 Å². The minimum absolute atomic E-state index is 0. The first-order valence-electron chi connectivity index (χ1n) is 5.70. The molecule has 104 valence electrons. The molecule has 0 aromatic carbocycles. The number of halogens is 1. The van der Waals surface area contributed by atoms with Gasteiger partial charge in [0.25, 0.3) is 5.91 Å². The fourth-order valence-corrected chi connectivity index (χ4v) is 1.51. The van der Waals surface area contributed by atoms with Crippen molar-refractivity contribution >= 4 is 18.3 Å². The topological polar surface area (TPSA) is 63.5 Å². The van der Waals surface area contributed by atoms with Crippen molar-refractivity contribution in [1.82, 2.24) is 10.6 Å². The van der Waals surface area contributed by atoms with Gasteiger partial charge in [0, 0.05) is 32.3 Å². The molecule has 0 saturated carbocycles. The highest BCUT2D eigenvalue weighted by atomic mass is 35.5. The Labute approximate surface area is 114 Å². The average molecular weight is 277 g/mol. The minimum Gasteiger partial charge on any atom is -0.456 e. The van der Waals surface area contributed by atoms with Crippen LogP contribution in [0, 0.1) is 13.8 Å². The predicted octanol–water partition coefficient (Wildman–Crippen LogP) is 1.28. The summed E-state index contributed by atoms with van der Waals surface area (Å²) in [5.74, 6) is 0.995. The largest absolute Gasteiger partial charge is 0.456 e. The van der Waals surface area contributed by atoms with Crippen molar-refractivity contribution in [2.45, 2.75) is 13.8 Å². The first kappa shape index (κ1) is 17.0. The summed E-state index contributed by atoms with van der Waals surface area (Å²) in [7, 11) is 1.66. The maximum atomic E-state index is 11.7. The van der Waals surface area contributed by atoms with Gasteiger partial charge < -0.3 is 19.8 Å². The molecule has 2 N–H and O–H groups in total. The number of ether oxygens (including phenoxy) is 1. The first-order chi connectivity index (χ1) is 8.15. The molecule has 0 unspecified atom stereocenters. The van der Waals surface area contributed by atoms with Crippen molar-refractivity contribution in [3.8, 4) is 0 Å². The summed E-state index contributed by atoms with van der Waals surface area (Å²) in [5, 5.41) is 5.94. The van der Waals surface area contributed by atoms with Crippen molar-refractivity contribution in [3.05, 3.63) is 23.2 Å². The summed E-state index contributed by atoms with van der Waals surface area (Å²) in [4.78, 5) is 11.7. The van der Waals surface area contributed by atoms with Crippen molar-refractivity contribution in [1.29, 1.82) is 0 Å². The van der Waals surface area contributed by atoms with Gasteiger partial charge in [-0.05, 0) is 19.9 Å². The Bertz CT molecular complexity index is 366. The van der Waals surface area contributed by atoms with E-state index in [4.69, 9.17) is 9.15 Å². The molecule has 0 aliphatic carbocycles. The summed E-state index contributed by atoms with van der Waals surface area (Å²) in [6.45, 7) is 6.43. The van der Waals surface area contributed by atoms with Crippen LogP contribution in [-0.4, -0.2) is 39.3 Å². The third-order valence-electron chi connectivity index (χ3n) is 2.32. The zero-order valence-corrected chi connectivity index (χ0v) is 11.9. The van der Waals surface area contributed by atoms with E-state index < -0.39 is 0 Å². The van der Waals surface area contributed by atoms with Crippen molar-refractivity contribution in [2.75, 3.05) is 33.4 Å². The molecule has 0 saturated heterocycles. The second kappa shape index (κ2) is 8.97. The fourth-order valence-electron chi connectivity index (χ4n) is 1.51. The second-order valence-electron chi connectivity index (χ2n) is 3.87. The molecule has 18 heavy (non-hydrogen) atoms. The monoisotopic (exact) mass is 276 g/mol. The van der Waals surface area contributed by atoms with Gasteiger partial charge in [0.15, 0.2) is 5.76 Å². The van der Waals surface area contributed by atoms with Gasteiger partial charge in [-0.3, -0.25) is 4.79 Å². The maximum Gasteiger partial charge on any atom is 0.287 e. The highest BCUT2D eigenvalue weighted by Crippen LogP contribution is 2.12. The Kier molecular flexibility index (Phi) is 8.45. The molecule has 0 bridgehead atoms. The SMILES string of the molecule is COCCNCCNC(=O)c1oc(C)cc1C.Cl. The van der Waals surface area contributed by atoms with Crippen LogP contribution in [0.3, 0.4) is 0 Å². The van der Waals surface area contributed by atoms with E-state index >= 15 is 0 Å². The number of hydrogen-bond donors (Lipinski definition) is 2. The van der Waals surface area contributed by atoms with Crippen LogP contribution in [0.5, 0.6) is 0 Å². The number of amides is 1. The lowest BCUT2D eigenvalue weighted by atomic mass is 10.2. The van der Waals surface area contributed by atoms with Crippen LogP contribution >= 0.6 is 12.4 Å². The third kappa shape index (κ3) is 5.53. The summed E-state index contributed by atoms with van der Waals surface area (Å²) in [6, 6.07) is 1.85. The van der Waals surface area contributed by atoms with Gasteiger partial charge in [0.05, 0.1) is 6.61 Å². The average Bonchev–Trinajstić information content (AvgIpc) is 2.62. The van der Waals surface area contributed by atoms with Crippen molar-refractivity contribution in [3.63, 3.8) is 0 Å². The van der Waals surface area contributed by atoms with Crippen LogP contribution in [-0.2, 0) is 4.74 Å². The van der Waals surface area contributed by atoms with Gasteiger partial charge >= 0.3 is 0 Å². The molecule has 6 heteroatoms. The lowest BCUT2D eigenvalue weighted by Crippen LogP contribution is -2.33. The van der Waals surface area contributed by atoms with Gasteiger partial charge in [-0.15, -0.1) is 12.4 Å². The molecule has 0 aliphatic heterocycles. The molecule has 1 rings (SSSR count). The van der Waals surface area contributed by atoms with E-state index in [1.54, 1.807) is 7.11 Å². The van der Waals surface area contributed by atoms with Gasteiger partial charge in [-0.25, -0.2) is 0 Å². The molecule has 1 aromatic rings. The maximum absolute atomic E-state index is 11.7. The zero-order chi connectivity index (χ0) is 12.7. The molecule has 0 aliphatic rings. The number of carbonyl (C=O) groups excluding carboxylic acids is 1. The highest BCUT2D eigenvalue weighted by Gasteiger charge is 2.13. The molecular weight excluding hydrogens is 256 g/mol. The van der Waals surface area contributed by atoms with E-state index in [1.807, 2.05) is 19.9 Å². The summed E-state index contributed by atoms with van der Waals surface area (Å²) >= 11 is 0. The predicted molar refractivity (Wildman–Crippen MR) is 72.5 cm³/mol. The molecule has 0 radical (unpaired) electrons.